The Morgan fingerprint density at radius 2 is 1.70 bits per heavy atom. The van der Waals surface area contributed by atoms with Gasteiger partial charge in [-0.15, -0.1) is 0 Å². The molecule has 0 aromatic heterocycles. The lowest BCUT2D eigenvalue weighted by Crippen LogP contribution is -2.46. The normalized spacial score (nSPS) is 12.7. The van der Waals surface area contributed by atoms with E-state index in [0.29, 0.717) is 11.4 Å². The van der Waals surface area contributed by atoms with Crippen molar-refractivity contribution in [3.8, 4) is 0 Å². The minimum atomic E-state index is -3.49. The predicted molar refractivity (Wildman–Crippen MR) is 83.0 cm³/mol. The summed E-state index contributed by atoms with van der Waals surface area (Å²) in [6.45, 7) is 8.34. The van der Waals surface area contributed by atoms with Gasteiger partial charge in [0.25, 0.3) is 0 Å². The van der Waals surface area contributed by atoms with Gasteiger partial charge in [0.05, 0.1) is 4.90 Å². The summed E-state index contributed by atoms with van der Waals surface area (Å²) in [5, 5.41) is 0. The number of benzene rings is 1. The molecule has 0 aliphatic heterocycles. The SMILES string of the molecule is CCC(CC)(CC)NS(=O)(=O)c1ccc(CN)c(C)c1. The van der Waals surface area contributed by atoms with E-state index in [1.54, 1.807) is 18.2 Å². The second-order valence-electron chi connectivity index (χ2n) is 5.24. The van der Waals surface area contributed by atoms with E-state index in [2.05, 4.69) is 4.72 Å². The van der Waals surface area contributed by atoms with Crippen LogP contribution in [0.15, 0.2) is 23.1 Å². The van der Waals surface area contributed by atoms with Gasteiger partial charge in [-0.2, -0.15) is 0 Å². The molecule has 0 aliphatic rings. The third kappa shape index (κ3) is 3.59. The molecule has 0 fully saturated rings. The van der Waals surface area contributed by atoms with Crippen LogP contribution in [0.3, 0.4) is 0 Å². The first-order chi connectivity index (χ1) is 9.34. The van der Waals surface area contributed by atoms with Crippen LogP contribution >= 0.6 is 0 Å². The van der Waals surface area contributed by atoms with Gasteiger partial charge in [0.15, 0.2) is 0 Å². The van der Waals surface area contributed by atoms with Gasteiger partial charge in [0, 0.05) is 12.1 Å². The fraction of sp³-hybridized carbons (Fsp3) is 0.600. The Morgan fingerprint density at radius 3 is 2.10 bits per heavy atom. The molecule has 0 heterocycles. The summed E-state index contributed by atoms with van der Waals surface area (Å²) in [5.74, 6) is 0. The lowest BCUT2D eigenvalue weighted by Gasteiger charge is -2.31. The Hall–Kier alpha value is -0.910. The van der Waals surface area contributed by atoms with Gasteiger partial charge in [-0.3, -0.25) is 0 Å². The van der Waals surface area contributed by atoms with E-state index < -0.39 is 10.0 Å². The third-order valence-corrected chi connectivity index (χ3v) is 5.80. The molecule has 0 spiro atoms. The predicted octanol–water partition coefficient (Wildman–Crippen LogP) is 2.70. The van der Waals surface area contributed by atoms with Gasteiger partial charge >= 0.3 is 0 Å². The molecule has 5 heteroatoms. The number of aryl methyl sites for hydroxylation is 1. The minimum absolute atomic E-state index is 0.312. The summed E-state index contributed by atoms with van der Waals surface area (Å²) in [6.07, 6.45) is 2.33. The van der Waals surface area contributed by atoms with Crippen LogP contribution in [0.2, 0.25) is 0 Å². The van der Waals surface area contributed by atoms with Crippen molar-refractivity contribution in [3.63, 3.8) is 0 Å². The maximum Gasteiger partial charge on any atom is 0.241 e. The average molecular weight is 298 g/mol. The van der Waals surface area contributed by atoms with E-state index in [4.69, 9.17) is 5.73 Å². The Balaban J connectivity index is 3.14. The number of nitrogens with two attached hydrogens (primary N) is 1. The second-order valence-corrected chi connectivity index (χ2v) is 6.92. The molecule has 1 aromatic carbocycles. The lowest BCUT2D eigenvalue weighted by atomic mass is 9.91. The Morgan fingerprint density at radius 1 is 1.15 bits per heavy atom. The Kier molecular flexibility index (Phi) is 5.74. The number of nitrogens with one attached hydrogen (secondary N) is 1. The molecule has 0 amide bonds. The first-order valence-electron chi connectivity index (χ1n) is 7.17. The topological polar surface area (TPSA) is 72.2 Å². The molecule has 114 valence electrons. The first kappa shape index (κ1) is 17.1. The zero-order valence-electron chi connectivity index (χ0n) is 12.9. The van der Waals surface area contributed by atoms with Gasteiger partial charge in [0.1, 0.15) is 0 Å². The van der Waals surface area contributed by atoms with Crippen molar-refractivity contribution in [3.05, 3.63) is 29.3 Å². The van der Waals surface area contributed by atoms with E-state index in [1.165, 1.54) is 0 Å². The largest absolute Gasteiger partial charge is 0.326 e. The van der Waals surface area contributed by atoms with E-state index in [-0.39, 0.29) is 5.54 Å². The molecule has 3 N–H and O–H groups in total. The first-order valence-corrected chi connectivity index (χ1v) is 8.66. The summed E-state index contributed by atoms with van der Waals surface area (Å²) in [5.41, 5.74) is 7.13. The van der Waals surface area contributed by atoms with Crippen LogP contribution in [0.4, 0.5) is 0 Å². The van der Waals surface area contributed by atoms with E-state index in [1.807, 2.05) is 27.7 Å². The second kappa shape index (κ2) is 6.70. The van der Waals surface area contributed by atoms with E-state index in [0.717, 1.165) is 30.4 Å². The van der Waals surface area contributed by atoms with Crippen LogP contribution in [0.5, 0.6) is 0 Å². The van der Waals surface area contributed by atoms with Crippen LogP contribution in [-0.4, -0.2) is 14.0 Å². The van der Waals surface area contributed by atoms with Crippen LogP contribution in [-0.2, 0) is 16.6 Å². The van der Waals surface area contributed by atoms with E-state index >= 15 is 0 Å². The van der Waals surface area contributed by atoms with Gasteiger partial charge < -0.3 is 5.73 Å². The zero-order chi connectivity index (χ0) is 15.4. The van der Waals surface area contributed by atoms with Crippen molar-refractivity contribution in [2.45, 2.75) is 63.9 Å². The monoisotopic (exact) mass is 298 g/mol. The zero-order valence-corrected chi connectivity index (χ0v) is 13.7. The molecule has 1 rings (SSSR count). The summed E-state index contributed by atoms with van der Waals surface area (Å²) < 4.78 is 27.9. The van der Waals surface area contributed by atoms with Crippen LogP contribution < -0.4 is 10.5 Å². The summed E-state index contributed by atoms with van der Waals surface area (Å²) in [6, 6.07) is 5.11. The molecule has 0 bridgehead atoms. The molecule has 0 atom stereocenters. The lowest BCUT2D eigenvalue weighted by molar-refractivity contribution is 0.341. The van der Waals surface area contributed by atoms with Gasteiger partial charge in [-0.25, -0.2) is 13.1 Å². The summed E-state index contributed by atoms with van der Waals surface area (Å²) >= 11 is 0. The van der Waals surface area contributed by atoms with Crippen molar-refractivity contribution in [2.75, 3.05) is 0 Å². The number of sulfonamides is 1. The molecule has 4 nitrogen and oxygen atoms in total. The van der Waals surface area contributed by atoms with Crippen LogP contribution in [0, 0.1) is 6.92 Å². The van der Waals surface area contributed by atoms with Crippen LogP contribution in [0.1, 0.15) is 51.2 Å². The fourth-order valence-corrected chi connectivity index (χ4v) is 4.08. The highest BCUT2D eigenvalue weighted by Crippen LogP contribution is 2.23. The molecular weight excluding hydrogens is 272 g/mol. The quantitative estimate of drug-likeness (QED) is 0.813. The summed E-state index contributed by atoms with van der Waals surface area (Å²) in [7, 11) is -3.49. The Labute approximate surface area is 122 Å². The standard InChI is InChI=1S/C15H26N2O2S/c1-5-15(6-2,7-3)17-20(18,19)14-9-8-13(11-16)12(4)10-14/h8-10,17H,5-7,11,16H2,1-4H3. The summed E-state index contributed by atoms with van der Waals surface area (Å²) in [4.78, 5) is 0.312. The molecule has 0 radical (unpaired) electrons. The molecule has 0 aliphatic carbocycles. The average Bonchev–Trinajstić information content (AvgIpc) is 2.44. The third-order valence-electron chi connectivity index (χ3n) is 4.23. The number of hydrogen-bond donors (Lipinski definition) is 2. The smallest absolute Gasteiger partial charge is 0.241 e. The maximum absolute atomic E-state index is 12.5. The highest BCUT2D eigenvalue weighted by Gasteiger charge is 2.30. The molecule has 20 heavy (non-hydrogen) atoms. The van der Waals surface area contributed by atoms with Crippen molar-refractivity contribution >= 4 is 10.0 Å². The van der Waals surface area contributed by atoms with Gasteiger partial charge in [0.2, 0.25) is 10.0 Å². The maximum atomic E-state index is 12.5. The Bertz CT molecular complexity index is 541. The van der Waals surface area contributed by atoms with Crippen molar-refractivity contribution in [2.24, 2.45) is 5.73 Å². The number of rotatable bonds is 7. The molecule has 0 saturated heterocycles. The van der Waals surface area contributed by atoms with Crippen molar-refractivity contribution in [1.29, 1.82) is 0 Å². The van der Waals surface area contributed by atoms with Crippen LogP contribution in [0.25, 0.3) is 0 Å². The van der Waals surface area contributed by atoms with Crippen molar-refractivity contribution in [1.82, 2.24) is 4.72 Å². The van der Waals surface area contributed by atoms with Crippen molar-refractivity contribution < 1.29 is 8.42 Å². The van der Waals surface area contributed by atoms with Gasteiger partial charge in [-0.05, 0) is 49.4 Å². The molecule has 0 unspecified atom stereocenters. The fourth-order valence-electron chi connectivity index (χ4n) is 2.38. The minimum Gasteiger partial charge on any atom is -0.326 e. The highest BCUT2D eigenvalue weighted by atomic mass is 32.2. The van der Waals surface area contributed by atoms with Gasteiger partial charge in [-0.1, -0.05) is 26.8 Å². The molecule has 0 saturated carbocycles. The molecular formula is C15H26N2O2S. The highest BCUT2D eigenvalue weighted by molar-refractivity contribution is 7.89. The molecule has 1 aromatic rings. The van der Waals surface area contributed by atoms with E-state index in [9.17, 15) is 8.42 Å². The number of hydrogen-bond acceptors (Lipinski definition) is 3.